The van der Waals surface area contributed by atoms with Gasteiger partial charge in [-0.05, 0) is 66.0 Å². The summed E-state index contributed by atoms with van der Waals surface area (Å²) >= 11 is 3.56. The number of aromatic nitrogens is 1. The fourth-order valence-corrected chi connectivity index (χ4v) is 2.86. The number of halogens is 1. The second-order valence-electron chi connectivity index (χ2n) is 4.71. The Morgan fingerprint density at radius 1 is 1.21 bits per heavy atom. The van der Waals surface area contributed by atoms with Crippen LogP contribution in [0.4, 0.5) is 5.69 Å². The van der Waals surface area contributed by atoms with Crippen LogP contribution in [0, 0.1) is 20.8 Å². The predicted molar refractivity (Wildman–Crippen MR) is 81.6 cm³/mol. The van der Waals surface area contributed by atoms with Crippen LogP contribution in [0.2, 0.25) is 0 Å². The van der Waals surface area contributed by atoms with Crippen molar-refractivity contribution in [3.05, 3.63) is 51.3 Å². The number of nitrogens with zero attached hydrogens (tertiary/aromatic N) is 1. The van der Waals surface area contributed by atoms with Crippen molar-refractivity contribution in [3.8, 4) is 5.75 Å². The molecule has 0 aliphatic carbocycles. The van der Waals surface area contributed by atoms with Crippen LogP contribution in [0.3, 0.4) is 0 Å². The Morgan fingerprint density at radius 2 is 1.95 bits per heavy atom. The number of pyridine rings is 1. The first kappa shape index (κ1) is 13.9. The predicted octanol–water partition coefficient (Wildman–Crippen LogP) is 4.09. The molecule has 0 aliphatic heterocycles. The Labute approximate surface area is 121 Å². The van der Waals surface area contributed by atoms with Crippen molar-refractivity contribution in [2.24, 2.45) is 0 Å². The molecule has 2 rings (SSSR count). The summed E-state index contributed by atoms with van der Waals surface area (Å²) in [6, 6.07) is 7.66. The number of rotatable bonds is 3. The summed E-state index contributed by atoms with van der Waals surface area (Å²) in [4.78, 5) is 4.34. The van der Waals surface area contributed by atoms with Crippen LogP contribution in [0.25, 0.3) is 0 Å². The first-order valence-electron chi connectivity index (χ1n) is 6.13. The third-order valence-corrected chi connectivity index (χ3v) is 3.58. The molecule has 2 N–H and O–H groups in total. The van der Waals surface area contributed by atoms with Crippen molar-refractivity contribution >= 4 is 21.6 Å². The molecule has 4 heteroatoms. The average molecular weight is 321 g/mol. The van der Waals surface area contributed by atoms with E-state index in [1.54, 1.807) is 12.1 Å². The van der Waals surface area contributed by atoms with E-state index in [9.17, 15) is 5.11 Å². The molecule has 0 saturated carbocycles. The van der Waals surface area contributed by atoms with Gasteiger partial charge in [0.15, 0.2) is 0 Å². The van der Waals surface area contributed by atoms with Crippen LogP contribution in [0.5, 0.6) is 5.75 Å². The molecule has 0 radical (unpaired) electrons. The molecule has 0 spiro atoms. The van der Waals surface area contributed by atoms with Gasteiger partial charge in [-0.1, -0.05) is 6.07 Å². The number of hydrogen-bond donors (Lipinski definition) is 2. The first-order chi connectivity index (χ1) is 8.97. The zero-order chi connectivity index (χ0) is 14.0. The first-order valence-corrected chi connectivity index (χ1v) is 6.93. The van der Waals surface area contributed by atoms with Gasteiger partial charge < -0.3 is 10.4 Å². The highest BCUT2D eigenvalue weighted by atomic mass is 79.9. The average Bonchev–Trinajstić information content (AvgIpc) is 2.32. The molecule has 0 atom stereocenters. The van der Waals surface area contributed by atoms with Crippen molar-refractivity contribution < 1.29 is 5.11 Å². The summed E-state index contributed by atoms with van der Waals surface area (Å²) < 4.78 is 1.03. The minimum Gasteiger partial charge on any atom is -0.506 e. The van der Waals surface area contributed by atoms with E-state index in [1.807, 2.05) is 6.92 Å². The molecule has 100 valence electrons. The fraction of sp³-hybridized carbons (Fsp3) is 0.267. The Morgan fingerprint density at radius 3 is 2.63 bits per heavy atom. The van der Waals surface area contributed by atoms with Crippen molar-refractivity contribution in [1.29, 1.82) is 0 Å². The number of nitrogens with one attached hydrogen (secondary N) is 1. The van der Waals surface area contributed by atoms with E-state index in [1.165, 1.54) is 11.1 Å². The van der Waals surface area contributed by atoms with Gasteiger partial charge in [0.05, 0.1) is 12.2 Å². The minimum absolute atomic E-state index is 0.221. The van der Waals surface area contributed by atoms with Gasteiger partial charge in [0.1, 0.15) is 11.4 Å². The highest BCUT2D eigenvalue weighted by molar-refractivity contribution is 9.10. The van der Waals surface area contributed by atoms with E-state index in [0.717, 1.165) is 15.9 Å². The van der Waals surface area contributed by atoms with Gasteiger partial charge in [-0.2, -0.15) is 0 Å². The Kier molecular flexibility index (Phi) is 4.10. The largest absolute Gasteiger partial charge is 0.506 e. The standard InChI is InChI=1S/C15H17BrN2O/c1-9-6-10(2)15(12(16)7-9)17-8-13-14(19)5-4-11(3)18-13/h4-7,17,19H,8H2,1-3H3. The lowest BCUT2D eigenvalue weighted by atomic mass is 10.1. The van der Waals surface area contributed by atoms with Crippen LogP contribution >= 0.6 is 15.9 Å². The van der Waals surface area contributed by atoms with E-state index in [2.05, 4.69) is 52.2 Å². The summed E-state index contributed by atoms with van der Waals surface area (Å²) in [5, 5.41) is 13.1. The van der Waals surface area contributed by atoms with E-state index < -0.39 is 0 Å². The second-order valence-corrected chi connectivity index (χ2v) is 5.56. The van der Waals surface area contributed by atoms with Crippen molar-refractivity contribution in [2.45, 2.75) is 27.3 Å². The van der Waals surface area contributed by atoms with Crippen LogP contribution in [0.15, 0.2) is 28.7 Å². The normalized spacial score (nSPS) is 10.5. The maximum atomic E-state index is 9.78. The number of aryl methyl sites for hydroxylation is 3. The SMILES string of the molecule is Cc1cc(C)c(NCc2nc(C)ccc2O)c(Br)c1. The van der Waals surface area contributed by atoms with E-state index in [-0.39, 0.29) is 5.75 Å². The van der Waals surface area contributed by atoms with Gasteiger partial charge in [-0.15, -0.1) is 0 Å². The molecular weight excluding hydrogens is 304 g/mol. The third-order valence-electron chi connectivity index (χ3n) is 2.95. The van der Waals surface area contributed by atoms with Crippen molar-refractivity contribution in [1.82, 2.24) is 4.98 Å². The highest BCUT2D eigenvalue weighted by Crippen LogP contribution is 2.28. The lowest BCUT2D eigenvalue weighted by Crippen LogP contribution is -2.05. The van der Waals surface area contributed by atoms with Crippen LogP contribution in [-0.4, -0.2) is 10.1 Å². The minimum atomic E-state index is 0.221. The van der Waals surface area contributed by atoms with Crippen LogP contribution in [0.1, 0.15) is 22.5 Å². The number of anilines is 1. The fourth-order valence-electron chi connectivity index (χ4n) is 2.04. The zero-order valence-electron chi connectivity index (χ0n) is 11.3. The zero-order valence-corrected chi connectivity index (χ0v) is 12.9. The van der Waals surface area contributed by atoms with Gasteiger partial charge >= 0.3 is 0 Å². The maximum Gasteiger partial charge on any atom is 0.138 e. The van der Waals surface area contributed by atoms with Gasteiger partial charge in [-0.25, -0.2) is 0 Å². The number of aromatic hydroxyl groups is 1. The van der Waals surface area contributed by atoms with E-state index in [4.69, 9.17) is 0 Å². The Hall–Kier alpha value is -1.55. The molecule has 1 aromatic heterocycles. The smallest absolute Gasteiger partial charge is 0.138 e. The van der Waals surface area contributed by atoms with Gasteiger partial charge in [-0.3, -0.25) is 4.98 Å². The number of benzene rings is 1. The third kappa shape index (κ3) is 3.26. The summed E-state index contributed by atoms with van der Waals surface area (Å²) in [5.41, 5.74) is 4.97. The Bertz CT molecular complexity index is 588. The van der Waals surface area contributed by atoms with Gasteiger partial charge in [0, 0.05) is 10.2 Å². The lowest BCUT2D eigenvalue weighted by molar-refractivity contribution is 0.464. The van der Waals surface area contributed by atoms with E-state index in [0.29, 0.717) is 12.2 Å². The van der Waals surface area contributed by atoms with Crippen LogP contribution < -0.4 is 5.32 Å². The molecule has 0 unspecified atom stereocenters. The monoisotopic (exact) mass is 320 g/mol. The summed E-state index contributed by atoms with van der Waals surface area (Å²) in [5.74, 6) is 0.221. The summed E-state index contributed by atoms with van der Waals surface area (Å²) in [6.07, 6.45) is 0. The lowest BCUT2D eigenvalue weighted by Gasteiger charge is -2.13. The maximum absolute atomic E-state index is 9.78. The molecule has 1 heterocycles. The van der Waals surface area contributed by atoms with Crippen molar-refractivity contribution in [2.75, 3.05) is 5.32 Å². The molecule has 2 aromatic rings. The topological polar surface area (TPSA) is 45.2 Å². The number of hydrogen-bond acceptors (Lipinski definition) is 3. The molecule has 0 saturated heterocycles. The highest BCUT2D eigenvalue weighted by Gasteiger charge is 2.07. The molecule has 0 amide bonds. The molecule has 1 aromatic carbocycles. The van der Waals surface area contributed by atoms with Gasteiger partial charge in [0.2, 0.25) is 0 Å². The molecular formula is C15H17BrN2O. The van der Waals surface area contributed by atoms with Gasteiger partial charge in [0.25, 0.3) is 0 Å². The summed E-state index contributed by atoms with van der Waals surface area (Å²) in [6.45, 7) is 6.53. The molecule has 0 bridgehead atoms. The van der Waals surface area contributed by atoms with Crippen LogP contribution in [-0.2, 0) is 6.54 Å². The van der Waals surface area contributed by atoms with Crippen molar-refractivity contribution in [3.63, 3.8) is 0 Å². The molecule has 0 aliphatic rings. The second kappa shape index (κ2) is 5.61. The molecule has 0 fully saturated rings. The summed E-state index contributed by atoms with van der Waals surface area (Å²) in [7, 11) is 0. The molecule has 19 heavy (non-hydrogen) atoms. The quantitative estimate of drug-likeness (QED) is 0.895. The Balaban J connectivity index is 2.21. The van der Waals surface area contributed by atoms with E-state index >= 15 is 0 Å². The molecule has 3 nitrogen and oxygen atoms in total.